The minimum absolute atomic E-state index is 0.302. The van der Waals surface area contributed by atoms with Crippen LogP contribution in [0, 0.1) is 11.5 Å². The molecule has 1 unspecified atom stereocenters. The van der Waals surface area contributed by atoms with Gasteiger partial charge in [0.1, 0.15) is 12.0 Å². The van der Waals surface area contributed by atoms with Gasteiger partial charge in [-0.2, -0.15) is 10.4 Å². The molecular formula is C15H17FN6O. The molecule has 2 N–H and O–H groups in total. The van der Waals surface area contributed by atoms with Gasteiger partial charge in [0.05, 0.1) is 12.2 Å². The smallest absolute Gasteiger partial charge is 0.212 e. The monoisotopic (exact) mass is 316 g/mol. The van der Waals surface area contributed by atoms with E-state index < -0.39 is 6.17 Å². The van der Waals surface area contributed by atoms with Crippen LogP contribution in [0.3, 0.4) is 0 Å². The summed E-state index contributed by atoms with van der Waals surface area (Å²) in [5, 5.41) is 17.4. The molecule has 3 heterocycles. The van der Waals surface area contributed by atoms with Gasteiger partial charge >= 0.3 is 0 Å². The Kier molecular flexibility index (Phi) is 6.06. The molecule has 0 radical (unpaired) electrons. The summed E-state index contributed by atoms with van der Waals surface area (Å²) in [7, 11) is 0. The van der Waals surface area contributed by atoms with Crippen molar-refractivity contribution in [1.82, 2.24) is 20.1 Å². The number of halogens is 1. The largest absolute Gasteiger partial charge is 0.313 e. The average Bonchev–Trinajstić information content (AvgIpc) is 3.11. The quantitative estimate of drug-likeness (QED) is 0.666. The molecular weight excluding hydrogens is 299 g/mol. The van der Waals surface area contributed by atoms with Crippen molar-refractivity contribution < 1.29 is 9.18 Å². The Morgan fingerprint density at radius 1 is 1.48 bits per heavy atom. The molecule has 8 heteroatoms. The highest BCUT2D eigenvalue weighted by Gasteiger charge is 2.16. The number of piperidine rings is 1. The predicted octanol–water partition coefficient (Wildman–Crippen LogP) is 1.94. The van der Waals surface area contributed by atoms with E-state index in [1.165, 1.54) is 4.90 Å². The molecule has 1 amide bonds. The maximum absolute atomic E-state index is 12.4. The molecule has 120 valence electrons. The lowest BCUT2D eigenvalue weighted by Gasteiger charge is -2.23. The Morgan fingerprint density at radius 2 is 2.35 bits per heavy atom. The Morgan fingerprint density at radius 3 is 2.87 bits per heavy atom. The minimum Gasteiger partial charge on any atom is -0.313 e. The standard InChI is InChI=1S/C9H8N4O.C6H9FN2/c14-6-11-9-2-1-7(5-10-9)8-3-4-12-13-8;7-6-2-1-3-9(4-6)5-8/h1-6H,(H,12,13)(H,10,11,14);6H,1-4H2. The first kappa shape index (κ1) is 16.4. The summed E-state index contributed by atoms with van der Waals surface area (Å²) in [6.07, 6.45) is 6.52. The SMILES string of the molecule is N#CN1CCCC(F)C1.O=CNc1ccc(-c2ccn[nH]2)cn1. The van der Waals surface area contributed by atoms with Crippen LogP contribution in [0.2, 0.25) is 0 Å². The van der Waals surface area contributed by atoms with Gasteiger partial charge in [-0.05, 0) is 31.0 Å². The highest BCUT2D eigenvalue weighted by Crippen LogP contribution is 2.15. The first-order chi connectivity index (χ1) is 11.2. The molecule has 0 bridgehead atoms. The molecule has 23 heavy (non-hydrogen) atoms. The van der Waals surface area contributed by atoms with E-state index in [2.05, 4.69) is 20.5 Å². The second-order valence-electron chi connectivity index (χ2n) is 4.95. The fraction of sp³-hybridized carbons (Fsp3) is 0.333. The van der Waals surface area contributed by atoms with Gasteiger partial charge in [0, 0.05) is 24.5 Å². The normalized spacial score (nSPS) is 16.7. The van der Waals surface area contributed by atoms with Gasteiger partial charge in [-0.15, -0.1) is 0 Å². The first-order valence-corrected chi connectivity index (χ1v) is 7.17. The zero-order valence-corrected chi connectivity index (χ0v) is 12.4. The summed E-state index contributed by atoms with van der Waals surface area (Å²) in [5.41, 5.74) is 1.83. The molecule has 0 spiro atoms. The average molecular weight is 316 g/mol. The Balaban J connectivity index is 0.000000185. The molecule has 0 aromatic carbocycles. The number of carbonyl (C=O) groups excluding carboxylic acids is 1. The summed E-state index contributed by atoms with van der Waals surface area (Å²) in [6, 6.07) is 5.43. The van der Waals surface area contributed by atoms with Crippen LogP contribution in [-0.2, 0) is 4.79 Å². The number of aromatic nitrogens is 3. The van der Waals surface area contributed by atoms with Crippen LogP contribution in [0.25, 0.3) is 11.3 Å². The first-order valence-electron chi connectivity index (χ1n) is 7.17. The minimum atomic E-state index is -0.779. The van der Waals surface area contributed by atoms with E-state index in [1.54, 1.807) is 18.5 Å². The van der Waals surface area contributed by atoms with Crippen LogP contribution in [0.1, 0.15) is 12.8 Å². The zero-order chi connectivity index (χ0) is 16.5. The number of pyridine rings is 1. The third kappa shape index (κ3) is 5.07. The molecule has 1 saturated heterocycles. The molecule has 2 aromatic heterocycles. The van der Waals surface area contributed by atoms with Gasteiger partial charge in [0.15, 0.2) is 6.19 Å². The van der Waals surface area contributed by atoms with Crippen molar-refractivity contribution in [2.45, 2.75) is 19.0 Å². The van der Waals surface area contributed by atoms with E-state index >= 15 is 0 Å². The number of aromatic amines is 1. The van der Waals surface area contributed by atoms with Gasteiger partial charge in [-0.3, -0.25) is 9.89 Å². The van der Waals surface area contributed by atoms with E-state index in [-0.39, 0.29) is 0 Å². The second kappa shape index (κ2) is 8.48. The highest BCUT2D eigenvalue weighted by molar-refractivity contribution is 5.70. The number of nitriles is 1. The van der Waals surface area contributed by atoms with Crippen molar-refractivity contribution in [3.63, 3.8) is 0 Å². The lowest BCUT2D eigenvalue weighted by Crippen LogP contribution is -2.32. The van der Waals surface area contributed by atoms with Gasteiger partial charge in [0.25, 0.3) is 0 Å². The van der Waals surface area contributed by atoms with E-state index in [0.29, 0.717) is 25.2 Å². The number of alkyl halides is 1. The number of carbonyl (C=O) groups is 1. The summed E-state index contributed by atoms with van der Waals surface area (Å²) in [5.74, 6) is 0.531. The van der Waals surface area contributed by atoms with E-state index in [1.807, 2.05) is 18.3 Å². The number of likely N-dealkylation sites (tertiary alicyclic amines) is 1. The number of H-pyrrole nitrogens is 1. The molecule has 2 aromatic rings. The van der Waals surface area contributed by atoms with Crippen LogP contribution in [0.5, 0.6) is 0 Å². The number of hydrogen-bond donors (Lipinski definition) is 2. The van der Waals surface area contributed by atoms with Crippen LogP contribution in [-0.4, -0.2) is 45.8 Å². The van der Waals surface area contributed by atoms with Crippen molar-refractivity contribution in [3.05, 3.63) is 30.6 Å². The Hall–Kier alpha value is -2.95. The molecule has 7 nitrogen and oxygen atoms in total. The molecule has 1 atom stereocenters. The third-order valence-corrected chi connectivity index (χ3v) is 3.29. The van der Waals surface area contributed by atoms with Crippen molar-refractivity contribution in [2.75, 3.05) is 18.4 Å². The number of rotatable bonds is 3. The molecule has 0 aliphatic carbocycles. The van der Waals surface area contributed by atoms with Crippen molar-refractivity contribution >= 4 is 12.2 Å². The summed E-state index contributed by atoms with van der Waals surface area (Å²) in [4.78, 5) is 15.6. The number of hydrogen-bond acceptors (Lipinski definition) is 5. The summed E-state index contributed by atoms with van der Waals surface area (Å²) < 4.78 is 12.4. The molecule has 1 aliphatic heterocycles. The molecule has 3 rings (SSSR count). The fourth-order valence-electron chi connectivity index (χ4n) is 2.13. The zero-order valence-electron chi connectivity index (χ0n) is 12.4. The summed E-state index contributed by atoms with van der Waals surface area (Å²) >= 11 is 0. The lowest BCUT2D eigenvalue weighted by molar-refractivity contribution is -0.105. The second-order valence-corrected chi connectivity index (χ2v) is 4.95. The maximum Gasteiger partial charge on any atom is 0.212 e. The number of nitrogens with one attached hydrogen (secondary N) is 2. The molecule has 1 fully saturated rings. The molecule has 0 saturated carbocycles. The predicted molar refractivity (Wildman–Crippen MR) is 82.8 cm³/mol. The lowest BCUT2D eigenvalue weighted by atomic mass is 10.1. The number of amides is 1. The van der Waals surface area contributed by atoms with Crippen LogP contribution in [0.15, 0.2) is 30.6 Å². The number of nitrogens with zero attached hydrogens (tertiary/aromatic N) is 4. The van der Waals surface area contributed by atoms with Crippen LogP contribution >= 0.6 is 0 Å². The van der Waals surface area contributed by atoms with Crippen molar-refractivity contribution in [1.29, 1.82) is 5.26 Å². The van der Waals surface area contributed by atoms with E-state index in [9.17, 15) is 9.18 Å². The third-order valence-electron chi connectivity index (χ3n) is 3.29. The van der Waals surface area contributed by atoms with Gasteiger partial charge < -0.3 is 10.2 Å². The number of anilines is 1. The molecule has 1 aliphatic rings. The van der Waals surface area contributed by atoms with Crippen LogP contribution in [0.4, 0.5) is 10.2 Å². The van der Waals surface area contributed by atoms with Crippen molar-refractivity contribution in [3.8, 4) is 17.5 Å². The topological polar surface area (TPSA) is 97.7 Å². The van der Waals surface area contributed by atoms with Gasteiger partial charge in [-0.25, -0.2) is 9.37 Å². The summed E-state index contributed by atoms with van der Waals surface area (Å²) in [6.45, 7) is 1.04. The van der Waals surface area contributed by atoms with Crippen LogP contribution < -0.4 is 5.32 Å². The van der Waals surface area contributed by atoms with E-state index in [4.69, 9.17) is 5.26 Å². The van der Waals surface area contributed by atoms with Gasteiger partial charge in [0.2, 0.25) is 6.41 Å². The van der Waals surface area contributed by atoms with Gasteiger partial charge in [-0.1, -0.05) is 0 Å². The maximum atomic E-state index is 12.4. The Labute approximate surface area is 133 Å². The van der Waals surface area contributed by atoms with E-state index in [0.717, 1.165) is 24.2 Å². The fourth-order valence-corrected chi connectivity index (χ4v) is 2.13. The van der Waals surface area contributed by atoms with Crippen molar-refractivity contribution in [2.24, 2.45) is 0 Å². The Bertz CT molecular complexity index is 637. The highest BCUT2D eigenvalue weighted by atomic mass is 19.1.